The predicted octanol–water partition coefficient (Wildman–Crippen LogP) is 2.43. The number of halogens is 1. The molecule has 2 aromatic heterocycles. The van der Waals surface area contributed by atoms with E-state index in [4.69, 9.17) is 0 Å². The van der Waals surface area contributed by atoms with Gasteiger partial charge in [0.2, 0.25) is 0 Å². The Labute approximate surface area is 114 Å². The van der Waals surface area contributed by atoms with E-state index >= 15 is 0 Å². The smallest absolute Gasteiger partial charge is 0.258 e. The minimum absolute atomic E-state index is 0.00219. The number of nitrogens with one attached hydrogen (secondary N) is 1. The fourth-order valence-electron chi connectivity index (χ4n) is 1.91. The summed E-state index contributed by atoms with van der Waals surface area (Å²) in [4.78, 5) is 16.2. The Hall–Kier alpha value is -2.76. The van der Waals surface area contributed by atoms with Gasteiger partial charge >= 0.3 is 0 Å². The maximum Gasteiger partial charge on any atom is 0.258 e. The van der Waals surface area contributed by atoms with Crippen molar-refractivity contribution in [2.24, 2.45) is 0 Å². The summed E-state index contributed by atoms with van der Waals surface area (Å²) < 4.78 is 15.1. The minimum Gasteiger partial charge on any atom is -0.320 e. The largest absolute Gasteiger partial charge is 0.320 e. The van der Waals surface area contributed by atoms with Crippen LogP contribution in [0.15, 0.2) is 42.6 Å². The fourth-order valence-corrected chi connectivity index (χ4v) is 1.91. The number of aryl methyl sites for hydroxylation is 1. The number of carbonyl (C=O) groups is 1. The van der Waals surface area contributed by atoms with E-state index in [1.165, 1.54) is 18.2 Å². The number of hydrogen-bond acceptors (Lipinski definition) is 3. The zero-order valence-corrected chi connectivity index (χ0v) is 10.7. The van der Waals surface area contributed by atoms with Crippen LogP contribution in [0.2, 0.25) is 0 Å². The van der Waals surface area contributed by atoms with Crippen molar-refractivity contribution in [2.75, 3.05) is 5.32 Å². The van der Waals surface area contributed by atoms with Gasteiger partial charge in [-0.25, -0.2) is 13.9 Å². The predicted molar refractivity (Wildman–Crippen MR) is 72.1 cm³/mol. The van der Waals surface area contributed by atoms with Crippen molar-refractivity contribution in [3.63, 3.8) is 0 Å². The number of carbonyl (C=O) groups excluding carboxylic acids is 1. The van der Waals surface area contributed by atoms with Crippen LogP contribution in [0.25, 0.3) is 5.65 Å². The summed E-state index contributed by atoms with van der Waals surface area (Å²) in [6, 6.07) is 9.26. The molecule has 0 atom stereocenters. The van der Waals surface area contributed by atoms with Gasteiger partial charge in [-0.1, -0.05) is 12.1 Å². The van der Waals surface area contributed by atoms with Crippen molar-refractivity contribution in [2.45, 2.75) is 6.92 Å². The lowest BCUT2D eigenvalue weighted by Crippen LogP contribution is -2.14. The molecule has 0 saturated heterocycles. The van der Waals surface area contributed by atoms with Gasteiger partial charge in [0.05, 0.1) is 17.4 Å². The Balaban J connectivity index is 1.89. The molecule has 0 aliphatic heterocycles. The van der Waals surface area contributed by atoms with Crippen molar-refractivity contribution in [1.82, 2.24) is 14.6 Å². The van der Waals surface area contributed by atoms with E-state index in [0.717, 1.165) is 0 Å². The second kappa shape index (κ2) is 4.73. The Morgan fingerprint density at radius 1 is 1.25 bits per heavy atom. The van der Waals surface area contributed by atoms with Crippen LogP contribution < -0.4 is 5.32 Å². The molecule has 3 aromatic rings. The van der Waals surface area contributed by atoms with Gasteiger partial charge in [0.15, 0.2) is 5.65 Å². The number of amides is 1. The first-order valence-electron chi connectivity index (χ1n) is 6.02. The molecule has 0 unspecified atom stereocenters. The number of rotatable bonds is 2. The van der Waals surface area contributed by atoms with Crippen LogP contribution in [0, 0.1) is 12.7 Å². The maximum atomic E-state index is 13.5. The molecule has 1 N–H and O–H groups in total. The minimum atomic E-state index is -0.553. The average molecular weight is 270 g/mol. The van der Waals surface area contributed by atoms with Crippen LogP contribution in [-0.2, 0) is 0 Å². The number of pyridine rings is 1. The van der Waals surface area contributed by atoms with Gasteiger partial charge in [-0.05, 0) is 31.2 Å². The Morgan fingerprint density at radius 2 is 2.05 bits per heavy atom. The number of aromatic nitrogens is 3. The topological polar surface area (TPSA) is 59.3 Å². The number of hydrogen-bond donors (Lipinski definition) is 1. The van der Waals surface area contributed by atoms with Crippen molar-refractivity contribution in [1.29, 1.82) is 0 Å². The monoisotopic (exact) mass is 270 g/mol. The van der Waals surface area contributed by atoms with Gasteiger partial charge < -0.3 is 5.32 Å². The van der Waals surface area contributed by atoms with E-state index in [1.807, 2.05) is 0 Å². The van der Waals surface area contributed by atoms with E-state index in [1.54, 1.807) is 35.8 Å². The molecule has 100 valence electrons. The molecule has 1 amide bonds. The molecule has 0 saturated carbocycles. The van der Waals surface area contributed by atoms with Gasteiger partial charge in [0, 0.05) is 0 Å². The lowest BCUT2D eigenvalue weighted by Gasteiger charge is -2.06. The molecule has 20 heavy (non-hydrogen) atoms. The molecule has 1 aromatic carbocycles. The highest BCUT2D eigenvalue weighted by Gasteiger charge is 2.11. The van der Waals surface area contributed by atoms with Crippen molar-refractivity contribution in [3.8, 4) is 0 Å². The molecule has 6 heteroatoms. The van der Waals surface area contributed by atoms with Crippen LogP contribution >= 0.6 is 0 Å². The third-order valence-corrected chi connectivity index (χ3v) is 2.81. The summed E-state index contributed by atoms with van der Waals surface area (Å²) in [6.45, 7) is 1.78. The lowest BCUT2D eigenvalue weighted by atomic mass is 10.2. The SMILES string of the molecule is Cc1nc2ccc(NC(=O)c3ccccc3F)cn2n1. The molecule has 0 fully saturated rings. The van der Waals surface area contributed by atoms with E-state index < -0.39 is 11.7 Å². The molecule has 0 aliphatic carbocycles. The Bertz CT molecular complexity index is 797. The van der Waals surface area contributed by atoms with Crippen LogP contribution in [0.1, 0.15) is 16.2 Å². The first-order valence-corrected chi connectivity index (χ1v) is 6.02. The molecule has 0 aliphatic rings. The van der Waals surface area contributed by atoms with Crippen LogP contribution in [-0.4, -0.2) is 20.5 Å². The summed E-state index contributed by atoms with van der Waals surface area (Å²) in [5.74, 6) is -0.412. The Morgan fingerprint density at radius 3 is 2.85 bits per heavy atom. The normalized spacial score (nSPS) is 10.7. The van der Waals surface area contributed by atoms with E-state index in [0.29, 0.717) is 17.2 Å². The average Bonchev–Trinajstić information content (AvgIpc) is 2.78. The molecular weight excluding hydrogens is 259 g/mol. The van der Waals surface area contributed by atoms with E-state index in [9.17, 15) is 9.18 Å². The quantitative estimate of drug-likeness (QED) is 0.778. The third-order valence-electron chi connectivity index (χ3n) is 2.81. The highest BCUT2D eigenvalue weighted by Crippen LogP contribution is 2.13. The van der Waals surface area contributed by atoms with Crippen molar-refractivity contribution >= 4 is 17.2 Å². The Kier molecular flexibility index (Phi) is 2.90. The third kappa shape index (κ3) is 2.23. The zero-order valence-electron chi connectivity index (χ0n) is 10.7. The van der Waals surface area contributed by atoms with Gasteiger partial charge in [-0.15, -0.1) is 0 Å². The summed E-state index contributed by atoms with van der Waals surface area (Å²) in [7, 11) is 0. The molecule has 5 nitrogen and oxygen atoms in total. The zero-order chi connectivity index (χ0) is 14.1. The van der Waals surface area contributed by atoms with Crippen molar-refractivity contribution < 1.29 is 9.18 Å². The number of fused-ring (bicyclic) bond motifs is 1. The standard InChI is InChI=1S/C14H11FN4O/c1-9-16-13-7-6-10(8-19(13)18-9)17-14(20)11-4-2-3-5-12(11)15/h2-8H,1H3,(H,17,20). The molecule has 2 heterocycles. The lowest BCUT2D eigenvalue weighted by molar-refractivity contribution is 0.102. The van der Waals surface area contributed by atoms with Gasteiger partial charge in [-0.2, -0.15) is 5.10 Å². The highest BCUT2D eigenvalue weighted by molar-refractivity contribution is 6.04. The number of anilines is 1. The highest BCUT2D eigenvalue weighted by atomic mass is 19.1. The van der Waals surface area contributed by atoms with Crippen molar-refractivity contribution in [3.05, 3.63) is 59.8 Å². The molecular formula is C14H11FN4O. The van der Waals surface area contributed by atoms with Crippen LogP contribution in [0.4, 0.5) is 10.1 Å². The first kappa shape index (κ1) is 12.3. The second-order valence-electron chi connectivity index (χ2n) is 4.31. The van der Waals surface area contributed by atoms with Gasteiger partial charge in [0.25, 0.3) is 5.91 Å². The van der Waals surface area contributed by atoms with Gasteiger partial charge in [0.1, 0.15) is 11.6 Å². The van der Waals surface area contributed by atoms with Gasteiger partial charge in [-0.3, -0.25) is 4.79 Å². The first-order chi connectivity index (χ1) is 9.63. The number of nitrogens with zero attached hydrogens (tertiary/aromatic N) is 3. The number of benzene rings is 1. The molecule has 0 radical (unpaired) electrons. The van der Waals surface area contributed by atoms with E-state index in [-0.39, 0.29) is 5.56 Å². The molecule has 0 spiro atoms. The summed E-state index contributed by atoms with van der Waals surface area (Å²) in [5, 5.41) is 6.78. The summed E-state index contributed by atoms with van der Waals surface area (Å²) >= 11 is 0. The molecule has 3 rings (SSSR count). The molecule has 0 bridgehead atoms. The summed E-state index contributed by atoms with van der Waals surface area (Å²) in [5.41, 5.74) is 1.21. The van der Waals surface area contributed by atoms with Crippen LogP contribution in [0.5, 0.6) is 0 Å². The second-order valence-corrected chi connectivity index (χ2v) is 4.31. The van der Waals surface area contributed by atoms with E-state index in [2.05, 4.69) is 15.4 Å². The van der Waals surface area contributed by atoms with Crippen LogP contribution in [0.3, 0.4) is 0 Å². The summed E-state index contributed by atoms with van der Waals surface area (Å²) in [6.07, 6.45) is 1.63. The maximum absolute atomic E-state index is 13.5. The fraction of sp³-hybridized carbons (Fsp3) is 0.0714.